The Morgan fingerprint density at radius 1 is 1.05 bits per heavy atom. The molecule has 0 radical (unpaired) electrons. The van der Waals surface area contributed by atoms with Crippen molar-refractivity contribution in [2.75, 3.05) is 45.8 Å². The zero-order valence-corrected chi connectivity index (χ0v) is 12.8. The first-order valence-corrected chi connectivity index (χ1v) is 7.96. The average Bonchev–Trinajstić information content (AvgIpc) is 2.71. The molecule has 1 atom stereocenters. The summed E-state index contributed by atoms with van der Waals surface area (Å²) in [6.45, 7) is 10.2. The van der Waals surface area contributed by atoms with Gasteiger partial charge in [0.2, 0.25) is 0 Å². The second-order valence-electron chi connectivity index (χ2n) is 6.07. The first kappa shape index (κ1) is 15.5. The fraction of sp³-hybridized carbons (Fsp3) is 0.647. The van der Waals surface area contributed by atoms with E-state index in [2.05, 4.69) is 47.1 Å². The van der Waals surface area contributed by atoms with E-state index in [0.717, 1.165) is 13.1 Å². The van der Waals surface area contributed by atoms with Crippen LogP contribution in [0.4, 0.5) is 0 Å². The second kappa shape index (κ2) is 8.40. The summed E-state index contributed by atoms with van der Waals surface area (Å²) in [6, 6.07) is 10.8. The van der Waals surface area contributed by atoms with Crippen molar-refractivity contribution in [3.63, 3.8) is 0 Å². The molecule has 3 heteroatoms. The van der Waals surface area contributed by atoms with Crippen LogP contribution in [0, 0.1) is 5.92 Å². The lowest BCUT2D eigenvalue weighted by molar-refractivity contribution is 0.235. The van der Waals surface area contributed by atoms with Gasteiger partial charge in [-0.1, -0.05) is 37.3 Å². The zero-order valence-electron chi connectivity index (χ0n) is 12.8. The lowest BCUT2D eigenvalue weighted by Crippen LogP contribution is -2.35. The van der Waals surface area contributed by atoms with E-state index < -0.39 is 0 Å². The molecule has 2 N–H and O–H groups in total. The highest BCUT2D eigenvalue weighted by Crippen LogP contribution is 2.08. The van der Waals surface area contributed by atoms with Gasteiger partial charge in [-0.3, -0.25) is 0 Å². The number of nitrogens with zero attached hydrogens (tertiary/aromatic N) is 2. The van der Waals surface area contributed by atoms with Crippen molar-refractivity contribution in [2.24, 2.45) is 11.7 Å². The van der Waals surface area contributed by atoms with Gasteiger partial charge in [-0.2, -0.15) is 0 Å². The molecule has 2 rings (SSSR count). The normalized spacial score (nSPS) is 19.7. The summed E-state index contributed by atoms with van der Waals surface area (Å²) in [7, 11) is 0. The number of rotatable bonds is 6. The number of hydrogen-bond donors (Lipinski definition) is 1. The van der Waals surface area contributed by atoms with E-state index in [1.807, 2.05) is 0 Å². The third-order valence-corrected chi connectivity index (χ3v) is 4.21. The Hall–Kier alpha value is -0.900. The molecule has 112 valence electrons. The van der Waals surface area contributed by atoms with Crippen molar-refractivity contribution >= 4 is 0 Å². The molecule has 0 spiro atoms. The third-order valence-electron chi connectivity index (χ3n) is 4.21. The van der Waals surface area contributed by atoms with Crippen LogP contribution in [0.5, 0.6) is 0 Å². The molecular weight excluding hydrogens is 246 g/mol. The highest BCUT2D eigenvalue weighted by atomic mass is 15.2. The van der Waals surface area contributed by atoms with Gasteiger partial charge >= 0.3 is 0 Å². The minimum absolute atomic E-state index is 0.617. The molecule has 0 amide bonds. The maximum absolute atomic E-state index is 5.73. The Morgan fingerprint density at radius 2 is 1.75 bits per heavy atom. The van der Waals surface area contributed by atoms with Crippen LogP contribution in [0.25, 0.3) is 0 Å². The molecule has 1 aromatic carbocycles. The Bertz CT molecular complexity index is 366. The maximum atomic E-state index is 5.73. The fourth-order valence-electron chi connectivity index (χ4n) is 2.88. The van der Waals surface area contributed by atoms with Gasteiger partial charge in [0, 0.05) is 26.2 Å². The Kier molecular flexibility index (Phi) is 6.51. The first-order valence-electron chi connectivity index (χ1n) is 7.96. The molecule has 0 saturated carbocycles. The lowest BCUT2D eigenvalue weighted by Gasteiger charge is -2.24. The quantitative estimate of drug-likeness (QED) is 0.860. The van der Waals surface area contributed by atoms with Crippen molar-refractivity contribution < 1.29 is 0 Å². The van der Waals surface area contributed by atoms with Gasteiger partial charge < -0.3 is 15.5 Å². The third kappa shape index (κ3) is 5.23. The van der Waals surface area contributed by atoms with E-state index in [1.54, 1.807) is 0 Å². The standard InChI is InChI=1S/C17H29N3/c1-16(14-18)15-20-10-5-9-19(12-13-20)11-8-17-6-3-2-4-7-17/h2-4,6-7,16H,5,8-15,18H2,1H3. The van der Waals surface area contributed by atoms with E-state index in [4.69, 9.17) is 5.73 Å². The fourth-order valence-corrected chi connectivity index (χ4v) is 2.88. The predicted octanol–water partition coefficient (Wildman–Crippen LogP) is 1.83. The van der Waals surface area contributed by atoms with Gasteiger partial charge in [0.05, 0.1) is 0 Å². The van der Waals surface area contributed by atoms with Crippen LogP contribution >= 0.6 is 0 Å². The van der Waals surface area contributed by atoms with Crippen molar-refractivity contribution in [1.82, 2.24) is 9.80 Å². The minimum Gasteiger partial charge on any atom is -0.330 e. The molecule has 0 bridgehead atoms. The number of nitrogens with two attached hydrogens (primary N) is 1. The van der Waals surface area contributed by atoms with E-state index in [-0.39, 0.29) is 0 Å². The summed E-state index contributed by atoms with van der Waals surface area (Å²) in [5.41, 5.74) is 7.18. The zero-order chi connectivity index (χ0) is 14.2. The SMILES string of the molecule is CC(CN)CN1CCCN(CCc2ccccc2)CC1. The molecule has 3 nitrogen and oxygen atoms in total. The van der Waals surface area contributed by atoms with Gasteiger partial charge in [-0.15, -0.1) is 0 Å². The minimum atomic E-state index is 0.617. The van der Waals surface area contributed by atoms with Crippen molar-refractivity contribution in [3.05, 3.63) is 35.9 Å². The molecule has 1 aliphatic rings. The van der Waals surface area contributed by atoms with Crippen molar-refractivity contribution in [1.29, 1.82) is 0 Å². The van der Waals surface area contributed by atoms with Gasteiger partial charge in [-0.25, -0.2) is 0 Å². The number of hydrogen-bond acceptors (Lipinski definition) is 3. The first-order chi connectivity index (χ1) is 9.78. The van der Waals surface area contributed by atoms with E-state index in [1.165, 1.54) is 51.1 Å². The monoisotopic (exact) mass is 275 g/mol. The second-order valence-corrected chi connectivity index (χ2v) is 6.07. The average molecular weight is 275 g/mol. The topological polar surface area (TPSA) is 32.5 Å². The van der Waals surface area contributed by atoms with E-state index in [0.29, 0.717) is 5.92 Å². The van der Waals surface area contributed by atoms with Gasteiger partial charge in [0.15, 0.2) is 0 Å². The highest BCUT2D eigenvalue weighted by Gasteiger charge is 2.15. The molecule has 1 heterocycles. The molecule has 1 aromatic rings. The number of benzene rings is 1. The summed E-state index contributed by atoms with van der Waals surface area (Å²) in [5, 5.41) is 0. The molecule has 1 saturated heterocycles. The molecule has 0 aliphatic carbocycles. The summed E-state index contributed by atoms with van der Waals surface area (Å²) in [5.74, 6) is 0.617. The smallest absolute Gasteiger partial charge is 0.0109 e. The molecule has 1 aliphatic heterocycles. The molecular formula is C17H29N3. The van der Waals surface area contributed by atoms with Crippen LogP contribution < -0.4 is 5.73 Å². The largest absolute Gasteiger partial charge is 0.330 e. The lowest BCUT2D eigenvalue weighted by atomic mass is 10.1. The van der Waals surface area contributed by atoms with Gasteiger partial charge in [-0.05, 0) is 44.0 Å². The summed E-state index contributed by atoms with van der Waals surface area (Å²) in [6.07, 6.45) is 2.45. The molecule has 1 unspecified atom stereocenters. The summed E-state index contributed by atoms with van der Waals surface area (Å²) >= 11 is 0. The van der Waals surface area contributed by atoms with E-state index >= 15 is 0 Å². The van der Waals surface area contributed by atoms with Crippen LogP contribution in [-0.4, -0.2) is 55.6 Å². The predicted molar refractivity (Wildman–Crippen MR) is 85.9 cm³/mol. The van der Waals surface area contributed by atoms with Crippen molar-refractivity contribution in [2.45, 2.75) is 19.8 Å². The Morgan fingerprint density at radius 3 is 2.50 bits per heavy atom. The Labute approximate surface area is 123 Å². The van der Waals surface area contributed by atoms with Crippen LogP contribution in [-0.2, 0) is 6.42 Å². The van der Waals surface area contributed by atoms with Gasteiger partial charge in [0.25, 0.3) is 0 Å². The Balaban J connectivity index is 1.72. The van der Waals surface area contributed by atoms with Crippen LogP contribution in [0.3, 0.4) is 0 Å². The van der Waals surface area contributed by atoms with Gasteiger partial charge in [0.1, 0.15) is 0 Å². The molecule has 0 aromatic heterocycles. The summed E-state index contributed by atoms with van der Waals surface area (Å²) in [4.78, 5) is 5.19. The van der Waals surface area contributed by atoms with Crippen LogP contribution in [0.15, 0.2) is 30.3 Å². The summed E-state index contributed by atoms with van der Waals surface area (Å²) < 4.78 is 0. The highest BCUT2D eigenvalue weighted by molar-refractivity contribution is 5.14. The van der Waals surface area contributed by atoms with Crippen molar-refractivity contribution in [3.8, 4) is 0 Å². The molecule has 20 heavy (non-hydrogen) atoms. The maximum Gasteiger partial charge on any atom is 0.0109 e. The van der Waals surface area contributed by atoms with Crippen LogP contribution in [0.1, 0.15) is 18.9 Å². The van der Waals surface area contributed by atoms with E-state index in [9.17, 15) is 0 Å². The van der Waals surface area contributed by atoms with Crippen LogP contribution in [0.2, 0.25) is 0 Å². The molecule has 1 fully saturated rings.